The van der Waals surface area contributed by atoms with Crippen LogP contribution in [0.3, 0.4) is 0 Å². The number of methoxy groups -OCH3 is 1. The fourth-order valence-electron chi connectivity index (χ4n) is 2.68. The van der Waals surface area contributed by atoms with Gasteiger partial charge in [0.25, 0.3) is 0 Å². The molecule has 1 heterocycles. The van der Waals surface area contributed by atoms with Gasteiger partial charge >= 0.3 is 0 Å². The first-order chi connectivity index (χ1) is 8.76. The molecule has 1 atom stereocenters. The number of nitrogens with two attached hydrogens (primary N) is 1. The van der Waals surface area contributed by atoms with Crippen LogP contribution in [0, 0.1) is 5.92 Å². The summed E-state index contributed by atoms with van der Waals surface area (Å²) in [6, 6.07) is 6.08. The van der Waals surface area contributed by atoms with E-state index < -0.39 is 0 Å². The average molecular weight is 269 g/mol. The summed E-state index contributed by atoms with van der Waals surface area (Å²) in [5, 5.41) is 0.832. The van der Waals surface area contributed by atoms with Gasteiger partial charge in [-0.15, -0.1) is 0 Å². The van der Waals surface area contributed by atoms with E-state index in [1.54, 1.807) is 7.11 Å². The van der Waals surface area contributed by atoms with Gasteiger partial charge in [0.05, 0.1) is 17.3 Å². The lowest BCUT2D eigenvalue weighted by Gasteiger charge is -2.23. The molecule has 1 unspecified atom stereocenters. The molecular formula is C14H21ClN2O. The summed E-state index contributed by atoms with van der Waals surface area (Å²) in [4.78, 5) is 2.37. The Bertz CT molecular complexity index is 397. The van der Waals surface area contributed by atoms with E-state index in [0.717, 1.165) is 31.1 Å². The lowest BCUT2D eigenvalue weighted by Crippen LogP contribution is -2.23. The first-order valence-electron chi connectivity index (χ1n) is 6.47. The Hall–Kier alpha value is -0.770. The summed E-state index contributed by atoms with van der Waals surface area (Å²) in [5.41, 5.74) is 8.09. The quantitative estimate of drug-likeness (QED) is 0.891. The van der Waals surface area contributed by atoms with E-state index in [1.807, 2.05) is 12.1 Å². The van der Waals surface area contributed by atoms with Crippen LogP contribution in [0.15, 0.2) is 18.2 Å². The Morgan fingerprint density at radius 1 is 1.50 bits per heavy atom. The molecule has 1 aliphatic rings. The number of anilines is 1. The highest BCUT2D eigenvalue weighted by Crippen LogP contribution is 2.34. The molecule has 0 aromatic heterocycles. The third-order valence-corrected chi connectivity index (χ3v) is 3.79. The van der Waals surface area contributed by atoms with Crippen LogP contribution in [-0.4, -0.2) is 33.4 Å². The Kier molecular flexibility index (Phi) is 4.87. The molecule has 0 radical (unpaired) electrons. The normalized spacial score (nSPS) is 19.5. The molecule has 1 aromatic carbocycles. The molecule has 2 N–H and O–H groups in total. The van der Waals surface area contributed by atoms with Crippen LogP contribution in [0.5, 0.6) is 0 Å². The van der Waals surface area contributed by atoms with E-state index in [9.17, 15) is 0 Å². The second-order valence-electron chi connectivity index (χ2n) is 4.84. The molecule has 100 valence electrons. The van der Waals surface area contributed by atoms with Crippen molar-refractivity contribution >= 4 is 17.3 Å². The van der Waals surface area contributed by atoms with Gasteiger partial charge in [-0.25, -0.2) is 0 Å². The molecule has 18 heavy (non-hydrogen) atoms. The summed E-state index contributed by atoms with van der Waals surface area (Å²) in [7, 11) is 1.76. The lowest BCUT2D eigenvalue weighted by molar-refractivity contribution is 0.161. The van der Waals surface area contributed by atoms with E-state index in [0.29, 0.717) is 12.5 Å². The van der Waals surface area contributed by atoms with E-state index in [2.05, 4.69) is 11.0 Å². The maximum atomic E-state index is 6.36. The van der Waals surface area contributed by atoms with Crippen LogP contribution in [0.1, 0.15) is 12.0 Å². The Morgan fingerprint density at radius 2 is 2.33 bits per heavy atom. The minimum absolute atomic E-state index is 0.608. The number of para-hydroxylation sites is 1. The zero-order valence-corrected chi connectivity index (χ0v) is 11.6. The lowest BCUT2D eigenvalue weighted by atomic mass is 10.1. The van der Waals surface area contributed by atoms with Crippen molar-refractivity contribution in [1.82, 2.24) is 0 Å². The van der Waals surface area contributed by atoms with E-state index in [4.69, 9.17) is 22.1 Å². The topological polar surface area (TPSA) is 38.5 Å². The van der Waals surface area contributed by atoms with Gasteiger partial charge in [-0.1, -0.05) is 23.7 Å². The van der Waals surface area contributed by atoms with Crippen LogP contribution in [0.25, 0.3) is 0 Å². The van der Waals surface area contributed by atoms with Gasteiger partial charge in [0.1, 0.15) is 0 Å². The summed E-state index contributed by atoms with van der Waals surface area (Å²) >= 11 is 6.36. The highest BCUT2D eigenvalue weighted by molar-refractivity contribution is 6.33. The molecule has 0 aliphatic carbocycles. The van der Waals surface area contributed by atoms with Crippen molar-refractivity contribution in [2.45, 2.75) is 12.8 Å². The smallest absolute Gasteiger partial charge is 0.0642 e. The highest BCUT2D eigenvalue weighted by atomic mass is 35.5. The molecular weight excluding hydrogens is 248 g/mol. The molecule has 1 aliphatic heterocycles. The van der Waals surface area contributed by atoms with Crippen LogP contribution in [0.4, 0.5) is 5.69 Å². The van der Waals surface area contributed by atoms with Crippen molar-refractivity contribution in [2.75, 3.05) is 38.3 Å². The number of rotatable bonds is 5. The second-order valence-corrected chi connectivity index (χ2v) is 5.25. The molecule has 0 saturated carbocycles. The standard InChI is InChI=1S/C14H21ClN2O/c1-18-10-11-6-8-17(9-11)14-12(5-7-16)3-2-4-13(14)15/h2-4,11H,5-10,16H2,1H3. The van der Waals surface area contributed by atoms with Gasteiger partial charge in [-0.3, -0.25) is 0 Å². The van der Waals surface area contributed by atoms with Crippen LogP contribution >= 0.6 is 11.6 Å². The molecule has 3 nitrogen and oxygen atoms in total. The number of halogens is 1. The first kappa shape index (κ1) is 13.7. The fraction of sp³-hybridized carbons (Fsp3) is 0.571. The molecule has 0 bridgehead atoms. The third-order valence-electron chi connectivity index (χ3n) is 3.49. The summed E-state index contributed by atoms with van der Waals surface area (Å²) in [6.45, 7) is 3.56. The zero-order chi connectivity index (χ0) is 13.0. The monoisotopic (exact) mass is 268 g/mol. The molecule has 0 amide bonds. The van der Waals surface area contributed by atoms with Crippen molar-refractivity contribution in [3.63, 3.8) is 0 Å². The van der Waals surface area contributed by atoms with Gasteiger partial charge < -0.3 is 15.4 Å². The Morgan fingerprint density at radius 3 is 3.06 bits per heavy atom. The Labute approximate surface area is 114 Å². The van der Waals surface area contributed by atoms with Crippen molar-refractivity contribution in [3.05, 3.63) is 28.8 Å². The van der Waals surface area contributed by atoms with Gasteiger partial charge in [0.2, 0.25) is 0 Å². The maximum absolute atomic E-state index is 6.36. The largest absolute Gasteiger partial charge is 0.384 e. The summed E-state index contributed by atoms with van der Waals surface area (Å²) in [5.74, 6) is 0.608. The van der Waals surface area contributed by atoms with E-state index in [-0.39, 0.29) is 0 Å². The minimum atomic E-state index is 0.608. The zero-order valence-electron chi connectivity index (χ0n) is 10.9. The van der Waals surface area contributed by atoms with E-state index in [1.165, 1.54) is 17.7 Å². The van der Waals surface area contributed by atoms with Crippen molar-refractivity contribution in [3.8, 4) is 0 Å². The predicted molar refractivity (Wildman–Crippen MR) is 76.4 cm³/mol. The molecule has 1 aromatic rings. The Balaban J connectivity index is 2.17. The van der Waals surface area contributed by atoms with Crippen LogP contribution < -0.4 is 10.6 Å². The number of hydrogen-bond acceptors (Lipinski definition) is 3. The number of nitrogens with zero attached hydrogens (tertiary/aromatic N) is 1. The predicted octanol–water partition coefficient (Wildman–Crippen LogP) is 2.31. The van der Waals surface area contributed by atoms with Gasteiger partial charge in [0.15, 0.2) is 0 Å². The molecule has 4 heteroatoms. The fourth-order valence-corrected chi connectivity index (χ4v) is 2.99. The number of ether oxygens (including phenoxy) is 1. The minimum Gasteiger partial charge on any atom is -0.384 e. The van der Waals surface area contributed by atoms with Crippen LogP contribution in [-0.2, 0) is 11.2 Å². The maximum Gasteiger partial charge on any atom is 0.0642 e. The molecule has 2 rings (SSSR count). The van der Waals surface area contributed by atoms with Crippen LogP contribution in [0.2, 0.25) is 5.02 Å². The molecule has 1 saturated heterocycles. The third kappa shape index (κ3) is 2.97. The number of hydrogen-bond donors (Lipinski definition) is 1. The summed E-state index contributed by atoms with van der Waals surface area (Å²) in [6.07, 6.45) is 2.04. The van der Waals surface area contributed by atoms with Crippen molar-refractivity contribution in [2.24, 2.45) is 11.7 Å². The molecule has 0 spiro atoms. The van der Waals surface area contributed by atoms with E-state index >= 15 is 0 Å². The van der Waals surface area contributed by atoms with Gasteiger partial charge in [-0.2, -0.15) is 0 Å². The average Bonchev–Trinajstić information content (AvgIpc) is 2.78. The van der Waals surface area contributed by atoms with Crippen molar-refractivity contribution < 1.29 is 4.74 Å². The SMILES string of the molecule is COCC1CCN(c2c(Cl)cccc2CCN)C1. The van der Waals surface area contributed by atoms with Crippen molar-refractivity contribution in [1.29, 1.82) is 0 Å². The van der Waals surface area contributed by atoms with Gasteiger partial charge in [-0.05, 0) is 31.0 Å². The summed E-state index contributed by atoms with van der Waals surface area (Å²) < 4.78 is 5.24. The second kappa shape index (κ2) is 6.41. The highest BCUT2D eigenvalue weighted by Gasteiger charge is 2.25. The van der Waals surface area contributed by atoms with Gasteiger partial charge in [0, 0.05) is 26.1 Å². The first-order valence-corrected chi connectivity index (χ1v) is 6.85. The molecule has 1 fully saturated rings. The number of benzene rings is 1.